The van der Waals surface area contributed by atoms with Gasteiger partial charge in [0.2, 0.25) is 0 Å². The second-order valence-electron chi connectivity index (χ2n) is 4.11. The van der Waals surface area contributed by atoms with E-state index >= 15 is 0 Å². The van der Waals surface area contributed by atoms with Crippen molar-refractivity contribution in [2.45, 2.75) is 32.1 Å². The van der Waals surface area contributed by atoms with Crippen LogP contribution in [0.3, 0.4) is 0 Å². The first-order valence-electron chi connectivity index (χ1n) is 6.34. The van der Waals surface area contributed by atoms with Crippen LogP contribution < -0.4 is 0 Å². The van der Waals surface area contributed by atoms with Gasteiger partial charge in [-0.2, -0.15) is 5.26 Å². The molecular formula is C17H19N. The summed E-state index contributed by atoms with van der Waals surface area (Å²) in [5.74, 6) is 0. The summed E-state index contributed by atoms with van der Waals surface area (Å²) >= 11 is 0. The van der Waals surface area contributed by atoms with Crippen LogP contribution in [0.1, 0.15) is 31.2 Å². The van der Waals surface area contributed by atoms with Gasteiger partial charge in [0.25, 0.3) is 0 Å². The fourth-order valence-corrected chi connectivity index (χ4v) is 1.68. The zero-order valence-corrected chi connectivity index (χ0v) is 10.7. The summed E-state index contributed by atoms with van der Waals surface area (Å²) in [6.07, 6.45) is 8.29. The van der Waals surface area contributed by atoms with Crippen LogP contribution in [0.25, 0.3) is 0 Å². The summed E-state index contributed by atoms with van der Waals surface area (Å²) in [4.78, 5) is 0. The van der Waals surface area contributed by atoms with E-state index in [1.807, 2.05) is 12.1 Å². The van der Waals surface area contributed by atoms with Gasteiger partial charge in [-0.1, -0.05) is 43.0 Å². The van der Waals surface area contributed by atoms with Crippen LogP contribution in [0.2, 0.25) is 0 Å². The van der Waals surface area contributed by atoms with Crippen LogP contribution in [0, 0.1) is 11.3 Å². The topological polar surface area (TPSA) is 23.8 Å². The molecule has 1 heteroatoms. The van der Waals surface area contributed by atoms with Gasteiger partial charge in [-0.15, -0.1) is 5.73 Å². The number of hydrogen-bond donors (Lipinski definition) is 0. The number of allylic oxidation sites excluding steroid dienone is 2. The first-order chi connectivity index (χ1) is 8.86. The maximum Gasteiger partial charge on any atom is 0.0621 e. The third-order valence-corrected chi connectivity index (χ3v) is 2.69. The van der Waals surface area contributed by atoms with Crippen molar-refractivity contribution >= 4 is 0 Å². The zero-order chi connectivity index (χ0) is 13.1. The molecule has 0 aliphatic rings. The molecule has 1 nitrogen and oxygen atoms in total. The van der Waals surface area contributed by atoms with E-state index in [2.05, 4.69) is 48.7 Å². The zero-order valence-electron chi connectivity index (χ0n) is 10.7. The molecule has 1 aromatic rings. The predicted octanol–water partition coefficient (Wildman–Crippen LogP) is 4.58. The first-order valence-corrected chi connectivity index (χ1v) is 6.34. The van der Waals surface area contributed by atoms with Crippen molar-refractivity contribution in [2.24, 2.45) is 0 Å². The lowest BCUT2D eigenvalue weighted by Crippen LogP contribution is -1.81. The molecule has 0 saturated carbocycles. The van der Waals surface area contributed by atoms with Gasteiger partial charge in [0.1, 0.15) is 0 Å². The largest absolute Gasteiger partial charge is 0.198 e. The van der Waals surface area contributed by atoms with E-state index in [4.69, 9.17) is 5.26 Å². The van der Waals surface area contributed by atoms with E-state index in [1.54, 1.807) is 0 Å². The van der Waals surface area contributed by atoms with Crippen LogP contribution in [0.4, 0.5) is 0 Å². The van der Waals surface area contributed by atoms with Crippen LogP contribution in [-0.4, -0.2) is 0 Å². The van der Waals surface area contributed by atoms with Gasteiger partial charge < -0.3 is 0 Å². The summed E-state index contributed by atoms with van der Waals surface area (Å²) in [6.45, 7) is 3.77. The second kappa shape index (κ2) is 9.05. The molecule has 0 aromatic heterocycles. The molecule has 1 rings (SSSR count). The highest BCUT2D eigenvalue weighted by Crippen LogP contribution is 2.07. The van der Waals surface area contributed by atoms with E-state index in [-0.39, 0.29) is 0 Å². The van der Waals surface area contributed by atoms with Gasteiger partial charge >= 0.3 is 0 Å². The summed E-state index contributed by atoms with van der Waals surface area (Å²) in [7, 11) is 0. The number of hydrogen-bond acceptors (Lipinski definition) is 1. The van der Waals surface area contributed by atoms with Crippen LogP contribution in [0.5, 0.6) is 0 Å². The maximum absolute atomic E-state index is 8.48. The van der Waals surface area contributed by atoms with Crippen LogP contribution in [0.15, 0.2) is 60.4 Å². The lowest BCUT2D eigenvalue weighted by molar-refractivity contribution is 0.855. The number of benzene rings is 1. The molecule has 92 valence electrons. The van der Waals surface area contributed by atoms with Crippen molar-refractivity contribution < 1.29 is 0 Å². The van der Waals surface area contributed by atoms with Gasteiger partial charge in [-0.05, 0) is 42.9 Å². The predicted molar refractivity (Wildman–Crippen MR) is 76.0 cm³/mol. The Morgan fingerprint density at radius 3 is 2.72 bits per heavy atom. The van der Waals surface area contributed by atoms with Crippen molar-refractivity contribution in [1.82, 2.24) is 0 Å². The van der Waals surface area contributed by atoms with E-state index < -0.39 is 0 Å². The minimum Gasteiger partial charge on any atom is -0.198 e. The molecule has 0 aliphatic carbocycles. The van der Waals surface area contributed by atoms with Gasteiger partial charge in [0.15, 0.2) is 0 Å². The first kappa shape index (κ1) is 14.0. The minimum absolute atomic E-state index is 0.600. The fourth-order valence-electron chi connectivity index (χ4n) is 1.68. The molecule has 0 radical (unpaired) electrons. The third kappa shape index (κ3) is 5.89. The molecular weight excluding hydrogens is 218 g/mol. The smallest absolute Gasteiger partial charge is 0.0621 e. The number of unbranched alkanes of at least 4 members (excludes halogenated alkanes) is 1. The SMILES string of the molecule is C=CC(=C=CCCc1ccccc1)CCCC#N. The third-order valence-electron chi connectivity index (χ3n) is 2.69. The normalized spacial score (nSPS) is 9.06. The number of nitriles is 1. The molecule has 0 atom stereocenters. The maximum atomic E-state index is 8.48. The summed E-state index contributed by atoms with van der Waals surface area (Å²) in [6, 6.07) is 12.6. The van der Waals surface area contributed by atoms with Crippen LogP contribution in [-0.2, 0) is 6.42 Å². The Kier molecular flexibility index (Phi) is 7.05. The van der Waals surface area contributed by atoms with E-state index in [0.717, 1.165) is 31.3 Å². The minimum atomic E-state index is 0.600. The Morgan fingerprint density at radius 2 is 2.06 bits per heavy atom. The number of aryl methyl sites for hydroxylation is 1. The summed E-state index contributed by atoms with van der Waals surface area (Å²) in [5.41, 5.74) is 5.71. The monoisotopic (exact) mass is 237 g/mol. The quantitative estimate of drug-likeness (QED) is 0.387. The van der Waals surface area contributed by atoms with Crippen LogP contribution >= 0.6 is 0 Å². The van der Waals surface area contributed by atoms with Crippen molar-refractivity contribution in [1.29, 1.82) is 5.26 Å². The van der Waals surface area contributed by atoms with Crippen molar-refractivity contribution in [3.63, 3.8) is 0 Å². The fraction of sp³-hybridized carbons (Fsp3) is 0.294. The molecule has 0 N–H and O–H groups in total. The molecule has 1 aromatic carbocycles. The number of rotatable bonds is 7. The Hall–Kier alpha value is -2.03. The van der Waals surface area contributed by atoms with Gasteiger partial charge in [-0.3, -0.25) is 0 Å². The molecule has 0 saturated heterocycles. The average Bonchev–Trinajstić information content (AvgIpc) is 2.43. The molecule has 0 amide bonds. The Morgan fingerprint density at radius 1 is 1.28 bits per heavy atom. The van der Waals surface area contributed by atoms with Gasteiger partial charge in [0, 0.05) is 6.42 Å². The molecule has 0 bridgehead atoms. The Labute approximate surface area is 110 Å². The lowest BCUT2D eigenvalue weighted by Gasteiger charge is -1.96. The van der Waals surface area contributed by atoms with Crippen molar-refractivity contribution in [3.05, 3.63) is 65.9 Å². The van der Waals surface area contributed by atoms with Crippen molar-refractivity contribution in [3.8, 4) is 6.07 Å². The molecule has 18 heavy (non-hydrogen) atoms. The highest BCUT2D eigenvalue weighted by atomic mass is 14.2. The molecule has 0 fully saturated rings. The van der Waals surface area contributed by atoms with Crippen molar-refractivity contribution in [2.75, 3.05) is 0 Å². The van der Waals surface area contributed by atoms with Gasteiger partial charge in [0.05, 0.1) is 6.07 Å². The highest BCUT2D eigenvalue weighted by molar-refractivity contribution is 5.17. The number of nitrogens with zero attached hydrogens (tertiary/aromatic N) is 1. The van der Waals surface area contributed by atoms with E-state index in [9.17, 15) is 0 Å². The van der Waals surface area contributed by atoms with E-state index in [1.165, 1.54) is 5.56 Å². The average molecular weight is 237 g/mol. The second-order valence-corrected chi connectivity index (χ2v) is 4.11. The highest BCUT2D eigenvalue weighted by Gasteiger charge is 1.91. The summed E-state index contributed by atoms with van der Waals surface area (Å²) < 4.78 is 0. The van der Waals surface area contributed by atoms with E-state index in [0.29, 0.717) is 6.42 Å². The lowest BCUT2D eigenvalue weighted by atomic mass is 10.1. The molecule has 0 aliphatic heterocycles. The van der Waals surface area contributed by atoms with Gasteiger partial charge in [-0.25, -0.2) is 0 Å². The molecule has 0 heterocycles. The molecule has 0 unspecified atom stereocenters. The summed E-state index contributed by atoms with van der Waals surface area (Å²) in [5, 5.41) is 8.48. The standard InChI is InChI=1S/C17H19N/c1-2-16(11-8-9-15-18)10-6-7-14-17-12-4-3-5-13-17/h2-6,12-13H,1,7-9,11,14H2. The molecule has 0 spiro atoms. The Bertz CT molecular complexity index is 456. The Balaban J connectivity index is 2.41.